The lowest BCUT2D eigenvalue weighted by Crippen LogP contribution is -2.45. The Morgan fingerprint density at radius 2 is 1.59 bits per heavy atom. The first-order valence-electron chi connectivity index (χ1n) is 9.78. The molecule has 9 nitrogen and oxygen atoms in total. The summed E-state index contributed by atoms with van der Waals surface area (Å²) in [5, 5.41) is 7.02. The van der Waals surface area contributed by atoms with Crippen LogP contribution < -0.4 is 20.7 Å². The molecule has 0 aliphatic rings. The Bertz CT molecular complexity index is 973. The van der Waals surface area contributed by atoms with Crippen LogP contribution in [0.15, 0.2) is 60.7 Å². The number of ether oxygens (including phenoxy) is 2. The van der Waals surface area contributed by atoms with Crippen LogP contribution in [0.5, 0.6) is 5.75 Å². The Morgan fingerprint density at radius 3 is 2.22 bits per heavy atom. The molecule has 0 heterocycles. The van der Waals surface area contributed by atoms with Gasteiger partial charge in [-0.3, -0.25) is 14.9 Å². The van der Waals surface area contributed by atoms with Crippen LogP contribution in [0.25, 0.3) is 6.08 Å². The highest BCUT2D eigenvalue weighted by atomic mass is 16.5. The quantitative estimate of drug-likeness (QED) is 0.429. The topological polar surface area (TPSA) is 123 Å². The highest BCUT2D eigenvalue weighted by Gasteiger charge is 2.24. The van der Waals surface area contributed by atoms with Crippen molar-refractivity contribution in [1.29, 1.82) is 0 Å². The molecule has 9 heteroatoms. The van der Waals surface area contributed by atoms with Gasteiger partial charge in [0.05, 0.1) is 7.11 Å². The van der Waals surface area contributed by atoms with Crippen molar-refractivity contribution in [2.45, 2.75) is 26.0 Å². The second-order valence-corrected chi connectivity index (χ2v) is 6.73. The zero-order valence-corrected chi connectivity index (χ0v) is 18.0. The maximum Gasteiger partial charge on any atom is 0.329 e. The smallest absolute Gasteiger partial charge is 0.329 e. The molecule has 32 heavy (non-hydrogen) atoms. The van der Waals surface area contributed by atoms with E-state index in [0.717, 1.165) is 5.56 Å². The number of urea groups is 1. The summed E-state index contributed by atoms with van der Waals surface area (Å²) in [5.74, 6) is -1.43. The number of methoxy groups -OCH3 is 1. The van der Waals surface area contributed by atoms with Crippen LogP contribution >= 0.6 is 0 Å². The molecule has 0 aromatic heterocycles. The van der Waals surface area contributed by atoms with Gasteiger partial charge in [-0.25, -0.2) is 9.59 Å². The Labute approximate surface area is 185 Å². The molecule has 0 aliphatic carbocycles. The number of esters is 1. The predicted molar refractivity (Wildman–Crippen MR) is 119 cm³/mol. The van der Waals surface area contributed by atoms with Gasteiger partial charge in [-0.15, -0.1) is 0 Å². The van der Waals surface area contributed by atoms with E-state index < -0.39 is 36.0 Å². The van der Waals surface area contributed by atoms with E-state index in [1.165, 1.54) is 19.9 Å². The van der Waals surface area contributed by atoms with E-state index in [2.05, 4.69) is 16.0 Å². The van der Waals surface area contributed by atoms with Gasteiger partial charge >= 0.3 is 12.0 Å². The summed E-state index contributed by atoms with van der Waals surface area (Å²) in [6.07, 6.45) is 1.61. The number of para-hydroxylation sites is 1. The second-order valence-electron chi connectivity index (χ2n) is 6.73. The fourth-order valence-corrected chi connectivity index (χ4v) is 2.43. The zero-order chi connectivity index (χ0) is 23.5. The van der Waals surface area contributed by atoms with Crippen LogP contribution in [0.1, 0.15) is 19.4 Å². The predicted octanol–water partition coefficient (Wildman–Crippen LogP) is 2.49. The van der Waals surface area contributed by atoms with Crippen molar-refractivity contribution in [2.75, 3.05) is 12.4 Å². The van der Waals surface area contributed by atoms with Crippen molar-refractivity contribution >= 4 is 35.6 Å². The van der Waals surface area contributed by atoms with E-state index in [1.807, 2.05) is 0 Å². The van der Waals surface area contributed by atoms with Crippen LogP contribution in [0.3, 0.4) is 0 Å². The molecule has 0 spiro atoms. The number of hydrogen-bond donors (Lipinski definition) is 3. The summed E-state index contributed by atoms with van der Waals surface area (Å²) in [6.45, 7) is 2.75. The lowest BCUT2D eigenvalue weighted by atomic mass is 10.2. The SMILES string of the molecule is COc1ccc(/C=C/C(=O)N[C@@H](C)C(=O)OC(C)C(=O)NC(=O)Nc2ccccc2)cc1. The normalized spacial score (nSPS) is 12.3. The van der Waals surface area contributed by atoms with Crippen LogP contribution in [-0.2, 0) is 19.1 Å². The first-order valence-corrected chi connectivity index (χ1v) is 9.78. The molecule has 0 radical (unpaired) electrons. The van der Waals surface area contributed by atoms with Crippen molar-refractivity contribution in [3.63, 3.8) is 0 Å². The minimum Gasteiger partial charge on any atom is -0.497 e. The highest BCUT2D eigenvalue weighted by molar-refractivity contribution is 6.03. The molecule has 2 atom stereocenters. The number of amides is 4. The summed E-state index contributed by atoms with van der Waals surface area (Å²) in [5.41, 5.74) is 1.27. The van der Waals surface area contributed by atoms with Crippen molar-refractivity contribution in [1.82, 2.24) is 10.6 Å². The Morgan fingerprint density at radius 1 is 0.938 bits per heavy atom. The largest absolute Gasteiger partial charge is 0.497 e. The Kier molecular flexibility index (Phi) is 8.97. The Hall–Kier alpha value is -4.14. The average molecular weight is 439 g/mol. The van der Waals surface area contributed by atoms with E-state index in [0.29, 0.717) is 11.4 Å². The number of imide groups is 1. The minimum atomic E-state index is -1.24. The molecule has 0 aliphatic heterocycles. The van der Waals surface area contributed by atoms with Gasteiger partial charge in [-0.1, -0.05) is 30.3 Å². The number of rotatable bonds is 8. The fraction of sp³-hybridized carbons (Fsp3) is 0.217. The van der Waals surface area contributed by atoms with E-state index >= 15 is 0 Å². The summed E-state index contributed by atoms with van der Waals surface area (Å²) in [6, 6.07) is 13.8. The monoisotopic (exact) mass is 439 g/mol. The van der Waals surface area contributed by atoms with Crippen molar-refractivity contribution < 1.29 is 28.7 Å². The van der Waals surface area contributed by atoms with Gasteiger partial charge in [0.1, 0.15) is 11.8 Å². The number of hydrogen-bond acceptors (Lipinski definition) is 6. The van der Waals surface area contributed by atoms with Crippen molar-refractivity contribution in [3.05, 3.63) is 66.2 Å². The number of anilines is 1. The van der Waals surface area contributed by atoms with Gasteiger partial charge in [0, 0.05) is 11.8 Å². The second kappa shape index (κ2) is 11.9. The first kappa shape index (κ1) is 24.1. The van der Waals surface area contributed by atoms with Gasteiger partial charge in [0.25, 0.3) is 5.91 Å². The first-order chi connectivity index (χ1) is 15.3. The van der Waals surface area contributed by atoms with E-state index in [4.69, 9.17) is 9.47 Å². The molecule has 1 unspecified atom stereocenters. The Balaban J connectivity index is 1.78. The van der Waals surface area contributed by atoms with Crippen LogP contribution in [0, 0.1) is 0 Å². The van der Waals surface area contributed by atoms with Crippen LogP contribution in [0.2, 0.25) is 0 Å². The van der Waals surface area contributed by atoms with E-state index in [9.17, 15) is 19.2 Å². The van der Waals surface area contributed by atoms with Gasteiger partial charge in [0.15, 0.2) is 6.10 Å². The van der Waals surface area contributed by atoms with Crippen molar-refractivity contribution in [3.8, 4) is 5.75 Å². The maximum absolute atomic E-state index is 12.2. The molecule has 0 bridgehead atoms. The van der Waals surface area contributed by atoms with E-state index in [1.54, 1.807) is 67.8 Å². The molecule has 0 saturated carbocycles. The average Bonchev–Trinajstić information content (AvgIpc) is 2.78. The molecular formula is C23H25N3O6. The van der Waals surface area contributed by atoms with E-state index in [-0.39, 0.29) is 0 Å². The lowest BCUT2D eigenvalue weighted by molar-refractivity contribution is -0.156. The number of benzene rings is 2. The third-order valence-electron chi connectivity index (χ3n) is 4.19. The van der Waals surface area contributed by atoms with Gasteiger partial charge in [-0.2, -0.15) is 0 Å². The van der Waals surface area contributed by atoms with Crippen LogP contribution in [0.4, 0.5) is 10.5 Å². The number of carbonyl (C=O) groups excluding carboxylic acids is 4. The molecule has 3 N–H and O–H groups in total. The minimum absolute atomic E-state index is 0.501. The standard InChI is InChI=1S/C23H25N3O6/c1-15(24-20(27)14-11-17-9-12-19(31-3)13-10-17)22(29)32-16(2)21(28)26-23(30)25-18-7-5-4-6-8-18/h4-16H,1-3H3,(H,24,27)(H2,25,26,28,30)/b14-11+/t15-,16?/m0/s1. The third kappa shape index (κ3) is 7.94. The van der Waals surface area contributed by atoms with Crippen molar-refractivity contribution in [2.24, 2.45) is 0 Å². The number of nitrogens with one attached hydrogen (secondary N) is 3. The summed E-state index contributed by atoms with van der Waals surface area (Å²) in [4.78, 5) is 48.1. The van der Waals surface area contributed by atoms with Crippen LogP contribution in [-0.4, -0.2) is 43.1 Å². The lowest BCUT2D eigenvalue weighted by Gasteiger charge is -2.17. The molecule has 168 valence electrons. The molecule has 4 amide bonds. The van der Waals surface area contributed by atoms with Gasteiger partial charge in [-0.05, 0) is 49.8 Å². The molecule has 0 fully saturated rings. The molecule has 2 rings (SSSR count). The zero-order valence-electron chi connectivity index (χ0n) is 18.0. The summed E-state index contributed by atoms with van der Waals surface area (Å²) < 4.78 is 10.1. The molecular weight excluding hydrogens is 414 g/mol. The van der Waals surface area contributed by atoms with Gasteiger partial charge in [0.2, 0.25) is 5.91 Å². The maximum atomic E-state index is 12.2. The summed E-state index contributed by atoms with van der Waals surface area (Å²) in [7, 11) is 1.56. The van der Waals surface area contributed by atoms with Gasteiger partial charge < -0.3 is 20.1 Å². The third-order valence-corrected chi connectivity index (χ3v) is 4.19. The highest BCUT2D eigenvalue weighted by Crippen LogP contribution is 2.12. The molecule has 0 saturated heterocycles. The number of carbonyl (C=O) groups is 4. The molecule has 2 aromatic rings. The molecule has 2 aromatic carbocycles. The summed E-state index contributed by atoms with van der Waals surface area (Å²) >= 11 is 0. The fourth-order valence-electron chi connectivity index (χ4n) is 2.43.